The number of aromatic nitrogens is 3. The third kappa shape index (κ3) is 5.64. The van der Waals surface area contributed by atoms with Gasteiger partial charge in [0.05, 0.1) is 23.0 Å². The summed E-state index contributed by atoms with van der Waals surface area (Å²) in [6.07, 6.45) is -6.64. The van der Waals surface area contributed by atoms with Gasteiger partial charge in [-0.1, -0.05) is 6.07 Å². The van der Waals surface area contributed by atoms with Crippen LogP contribution >= 0.6 is 0 Å². The number of pyridine rings is 1. The molecule has 6 rings (SSSR count). The molecule has 2 aromatic heterocycles. The van der Waals surface area contributed by atoms with Crippen molar-refractivity contribution in [3.63, 3.8) is 0 Å². The number of rotatable bonds is 7. The Morgan fingerprint density at radius 1 is 1.12 bits per heavy atom. The van der Waals surface area contributed by atoms with Crippen molar-refractivity contribution in [1.82, 2.24) is 14.8 Å². The minimum atomic E-state index is -4.70. The second-order valence-electron chi connectivity index (χ2n) is 10.1. The molecule has 1 aliphatic carbocycles. The Balaban J connectivity index is 1.31. The van der Waals surface area contributed by atoms with Gasteiger partial charge in [-0.05, 0) is 74.2 Å². The molecule has 14 heteroatoms. The largest absolute Gasteiger partial charge is 0.586 e. The standard InChI is InChI=1S/C29H23F5N4O5/c1-15(17-7-10-22-23(13-17)43-29(33,34)42-22)41-24-14-19(11-12-35-24)38-25-20(26(37-38)28(30,31)32)3-2-4-21(25)36-18-8-5-16(6-9-18)27(39)40/h5-15,21,36H,2-4H2,1H3,(H,39,40)/t15-,21-/m0/s1. The van der Waals surface area contributed by atoms with Crippen molar-refractivity contribution in [3.05, 3.63) is 88.9 Å². The van der Waals surface area contributed by atoms with E-state index in [1.54, 1.807) is 19.1 Å². The molecule has 3 heterocycles. The van der Waals surface area contributed by atoms with E-state index in [1.807, 2.05) is 0 Å². The molecular weight excluding hydrogens is 579 g/mol. The smallest absolute Gasteiger partial charge is 0.478 e. The van der Waals surface area contributed by atoms with Crippen molar-refractivity contribution in [2.24, 2.45) is 0 Å². The third-order valence-electron chi connectivity index (χ3n) is 7.17. The Hall–Kier alpha value is -4.88. The molecule has 0 spiro atoms. The van der Waals surface area contributed by atoms with E-state index < -0.39 is 36.3 Å². The van der Waals surface area contributed by atoms with Gasteiger partial charge in [0.2, 0.25) is 5.88 Å². The maximum absolute atomic E-state index is 14.1. The van der Waals surface area contributed by atoms with Crippen molar-refractivity contribution >= 4 is 11.7 Å². The van der Waals surface area contributed by atoms with E-state index in [4.69, 9.17) is 4.74 Å². The molecule has 224 valence electrons. The number of carboxylic acid groups (broad SMARTS) is 1. The van der Waals surface area contributed by atoms with Gasteiger partial charge in [-0.3, -0.25) is 0 Å². The van der Waals surface area contributed by atoms with Gasteiger partial charge in [-0.2, -0.15) is 18.3 Å². The summed E-state index contributed by atoms with van der Waals surface area (Å²) in [5.74, 6) is -1.30. The lowest BCUT2D eigenvalue weighted by atomic mass is 9.91. The summed E-state index contributed by atoms with van der Waals surface area (Å²) >= 11 is 0. The molecule has 4 aromatic rings. The zero-order chi connectivity index (χ0) is 30.5. The van der Waals surface area contributed by atoms with E-state index >= 15 is 0 Å². The maximum Gasteiger partial charge on any atom is 0.586 e. The summed E-state index contributed by atoms with van der Waals surface area (Å²) < 4.78 is 85.2. The summed E-state index contributed by atoms with van der Waals surface area (Å²) in [6, 6.07) is 12.5. The fourth-order valence-electron chi connectivity index (χ4n) is 5.23. The molecule has 2 atom stereocenters. The van der Waals surface area contributed by atoms with E-state index in [0.29, 0.717) is 29.8 Å². The van der Waals surface area contributed by atoms with Crippen LogP contribution in [0.15, 0.2) is 60.8 Å². The second kappa shape index (κ2) is 10.4. The summed E-state index contributed by atoms with van der Waals surface area (Å²) in [4.78, 5) is 15.4. The zero-order valence-corrected chi connectivity index (χ0v) is 22.4. The number of carboxylic acids is 1. The first-order chi connectivity index (χ1) is 20.4. The lowest BCUT2D eigenvalue weighted by molar-refractivity contribution is -0.286. The average molecular weight is 603 g/mol. The Morgan fingerprint density at radius 2 is 1.86 bits per heavy atom. The maximum atomic E-state index is 14.1. The SMILES string of the molecule is C[C@H](Oc1cc(-n2nc(C(F)(F)F)c3c2[C@@H](Nc2ccc(C(=O)O)cc2)CCC3)ccn1)c1ccc2c(c1)OC(F)(F)O2. The molecule has 9 nitrogen and oxygen atoms in total. The molecule has 1 aliphatic heterocycles. The highest BCUT2D eigenvalue weighted by Crippen LogP contribution is 2.43. The second-order valence-corrected chi connectivity index (χ2v) is 10.1. The fourth-order valence-corrected chi connectivity index (χ4v) is 5.23. The predicted octanol–water partition coefficient (Wildman–Crippen LogP) is 6.94. The highest BCUT2D eigenvalue weighted by Gasteiger charge is 2.44. The van der Waals surface area contributed by atoms with Gasteiger partial charge in [0, 0.05) is 23.5 Å². The van der Waals surface area contributed by atoms with Crippen molar-refractivity contribution < 1.29 is 46.1 Å². The number of fused-ring (bicyclic) bond motifs is 2. The number of hydrogen-bond acceptors (Lipinski definition) is 7. The Kier molecular flexibility index (Phi) is 6.86. The fraction of sp³-hybridized carbons (Fsp3) is 0.276. The monoisotopic (exact) mass is 602 g/mol. The van der Waals surface area contributed by atoms with Crippen LogP contribution in [0.25, 0.3) is 5.69 Å². The van der Waals surface area contributed by atoms with Crippen molar-refractivity contribution in [1.29, 1.82) is 0 Å². The molecular formula is C29H23F5N4O5. The van der Waals surface area contributed by atoms with Crippen LogP contribution in [0.1, 0.15) is 64.8 Å². The Bertz CT molecular complexity index is 1690. The summed E-state index contributed by atoms with van der Waals surface area (Å²) in [5, 5.41) is 16.4. The lowest BCUT2D eigenvalue weighted by Crippen LogP contribution is -2.25. The number of nitrogens with zero attached hydrogens (tertiary/aromatic N) is 3. The topological polar surface area (TPSA) is 108 Å². The van der Waals surface area contributed by atoms with Crippen LogP contribution in [0, 0.1) is 0 Å². The Morgan fingerprint density at radius 3 is 2.58 bits per heavy atom. The first kappa shape index (κ1) is 28.2. The lowest BCUT2D eigenvalue weighted by Gasteiger charge is -2.27. The van der Waals surface area contributed by atoms with Crippen LogP contribution in [0.5, 0.6) is 17.4 Å². The summed E-state index contributed by atoms with van der Waals surface area (Å²) in [7, 11) is 0. The predicted molar refractivity (Wildman–Crippen MR) is 141 cm³/mol. The number of aromatic carboxylic acids is 1. The van der Waals surface area contributed by atoms with Crippen LogP contribution in [0.3, 0.4) is 0 Å². The first-order valence-corrected chi connectivity index (χ1v) is 13.2. The number of nitrogens with one attached hydrogen (secondary N) is 1. The minimum Gasteiger partial charge on any atom is -0.478 e. The number of anilines is 1. The molecule has 0 saturated heterocycles. The number of alkyl halides is 5. The van der Waals surface area contributed by atoms with Gasteiger partial charge >= 0.3 is 18.4 Å². The van der Waals surface area contributed by atoms with E-state index in [1.165, 1.54) is 53.3 Å². The highest BCUT2D eigenvalue weighted by molar-refractivity contribution is 5.88. The molecule has 0 amide bonds. The van der Waals surface area contributed by atoms with Gasteiger partial charge in [-0.15, -0.1) is 8.78 Å². The molecule has 2 aromatic carbocycles. The molecule has 0 fully saturated rings. The normalized spacial score (nSPS) is 17.7. The summed E-state index contributed by atoms with van der Waals surface area (Å²) in [5.41, 5.74) is 0.770. The quantitative estimate of drug-likeness (QED) is 0.219. The van der Waals surface area contributed by atoms with E-state index in [-0.39, 0.29) is 40.6 Å². The molecule has 43 heavy (non-hydrogen) atoms. The number of halogens is 5. The van der Waals surface area contributed by atoms with Crippen LogP contribution in [-0.4, -0.2) is 32.1 Å². The first-order valence-electron chi connectivity index (χ1n) is 13.2. The zero-order valence-electron chi connectivity index (χ0n) is 22.4. The van der Waals surface area contributed by atoms with Crippen LogP contribution in [0.2, 0.25) is 0 Å². The number of hydrogen-bond donors (Lipinski definition) is 2. The molecule has 0 unspecified atom stereocenters. The van der Waals surface area contributed by atoms with Gasteiger partial charge in [0.1, 0.15) is 6.10 Å². The third-order valence-corrected chi connectivity index (χ3v) is 7.17. The molecule has 2 N–H and O–H groups in total. The van der Waals surface area contributed by atoms with Crippen LogP contribution < -0.4 is 19.5 Å². The molecule has 0 bridgehead atoms. The van der Waals surface area contributed by atoms with Crippen molar-refractivity contribution in [2.45, 2.75) is 50.8 Å². The van der Waals surface area contributed by atoms with Gasteiger partial charge in [0.25, 0.3) is 0 Å². The van der Waals surface area contributed by atoms with Gasteiger partial charge in [0.15, 0.2) is 17.2 Å². The number of carbonyl (C=O) groups is 1. The van der Waals surface area contributed by atoms with Gasteiger partial charge in [-0.25, -0.2) is 14.5 Å². The number of benzene rings is 2. The Labute approximate surface area is 240 Å². The molecule has 0 saturated carbocycles. The van der Waals surface area contributed by atoms with E-state index in [9.17, 15) is 31.9 Å². The highest BCUT2D eigenvalue weighted by atomic mass is 19.4. The average Bonchev–Trinajstić information content (AvgIpc) is 3.50. The van der Waals surface area contributed by atoms with Gasteiger partial charge < -0.3 is 24.6 Å². The summed E-state index contributed by atoms with van der Waals surface area (Å²) in [6.45, 7) is 1.65. The number of ether oxygens (including phenoxy) is 3. The minimum absolute atomic E-state index is 0.0652. The van der Waals surface area contributed by atoms with E-state index in [0.717, 1.165) is 0 Å². The van der Waals surface area contributed by atoms with E-state index in [2.05, 4.69) is 24.9 Å². The molecule has 0 radical (unpaired) electrons. The molecule has 2 aliphatic rings. The van der Waals surface area contributed by atoms with Crippen LogP contribution in [0.4, 0.5) is 27.6 Å². The van der Waals surface area contributed by atoms with Crippen LogP contribution in [-0.2, 0) is 12.6 Å². The van der Waals surface area contributed by atoms with Crippen molar-refractivity contribution in [3.8, 4) is 23.1 Å². The van der Waals surface area contributed by atoms with Crippen molar-refractivity contribution in [2.75, 3.05) is 5.32 Å².